The van der Waals surface area contributed by atoms with Crippen LogP contribution in [-0.2, 0) is 15.8 Å². The third kappa shape index (κ3) is 3.55. The fraction of sp³-hybridized carbons (Fsp3) is 0.333. The minimum atomic E-state index is -4.61. The summed E-state index contributed by atoms with van der Waals surface area (Å²) >= 11 is 0. The van der Waals surface area contributed by atoms with Gasteiger partial charge in [0.2, 0.25) is 5.91 Å². The van der Waals surface area contributed by atoms with Crippen LogP contribution in [0, 0.1) is 5.41 Å². The molecule has 0 bridgehead atoms. The Hall–Kier alpha value is -2.89. The van der Waals surface area contributed by atoms with E-state index in [1.165, 1.54) is 18.2 Å². The molecule has 1 amide bonds. The van der Waals surface area contributed by atoms with Crippen molar-refractivity contribution in [3.05, 3.63) is 77.0 Å². The van der Waals surface area contributed by atoms with E-state index in [1.807, 2.05) is 44.2 Å². The van der Waals surface area contributed by atoms with E-state index in [0.717, 1.165) is 16.5 Å². The van der Waals surface area contributed by atoms with Gasteiger partial charge in [0.25, 0.3) is 0 Å². The average molecular weight is 413 g/mol. The van der Waals surface area contributed by atoms with Crippen LogP contribution < -0.4 is 4.90 Å². The summed E-state index contributed by atoms with van der Waals surface area (Å²) in [5, 5.41) is 0. The SMILES string of the molecule is CC1(C)CC(=O)C2=C(C1)N(c1ccccc1C(F)(F)F)C(=O)C[C@H]2c1ccccc1. The molecule has 156 valence electrons. The van der Waals surface area contributed by atoms with Gasteiger partial charge in [-0.3, -0.25) is 14.5 Å². The molecule has 1 atom stereocenters. The van der Waals surface area contributed by atoms with E-state index in [4.69, 9.17) is 0 Å². The molecule has 1 aliphatic heterocycles. The number of ketones is 1. The van der Waals surface area contributed by atoms with Crippen LogP contribution in [0.15, 0.2) is 65.9 Å². The number of carbonyl (C=O) groups is 2. The van der Waals surface area contributed by atoms with E-state index in [9.17, 15) is 22.8 Å². The summed E-state index contributed by atoms with van der Waals surface area (Å²) in [5.74, 6) is -0.964. The van der Waals surface area contributed by atoms with Gasteiger partial charge in [0.1, 0.15) is 0 Å². The van der Waals surface area contributed by atoms with Crippen molar-refractivity contribution >= 4 is 17.4 Å². The molecule has 0 unspecified atom stereocenters. The molecular formula is C24H22F3NO2. The largest absolute Gasteiger partial charge is 0.418 e. The van der Waals surface area contributed by atoms with Crippen LogP contribution in [-0.4, -0.2) is 11.7 Å². The van der Waals surface area contributed by atoms with Crippen molar-refractivity contribution in [3.63, 3.8) is 0 Å². The van der Waals surface area contributed by atoms with Crippen molar-refractivity contribution in [3.8, 4) is 0 Å². The Morgan fingerprint density at radius 1 is 0.933 bits per heavy atom. The van der Waals surface area contributed by atoms with Crippen LogP contribution in [0.25, 0.3) is 0 Å². The number of Topliss-reactive ketones (excluding diaryl/α,β-unsaturated/α-hetero) is 1. The Morgan fingerprint density at radius 2 is 1.57 bits per heavy atom. The molecule has 2 aromatic rings. The lowest BCUT2D eigenvalue weighted by molar-refractivity contribution is -0.137. The molecule has 0 spiro atoms. The highest BCUT2D eigenvalue weighted by molar-refractivity contribution is 6.08. The molecule has 0 radical (unpaired) electrons. The molecule has 2 aromatic carbocycles. The predicted octanol–water partition coefficient (Wildman–Crippen LogP) is 5.87. The number of amides is 1. The van der Waals surface area contributed by atoms with E-state index in [1.54, 1.807) is 0 Å². The number of hydrogen-bond acceptors (Lipinski definition) is 2. The molecule has 0 fully saturated rings. The fourth-order valence-electron chi connectivity index (χ4n) is 4.57. The Labute approximate surface area is 173 Å². The third-order valence-corrected chi connectivity index (χ3v) is 5.80. The molecule has 0 N–H and O–H groups in total. The van der Waals surface area contributed by atoms with Gasteiger partial charge in [0, 0.05) is 30.0 Å². The summed E-state index contributed by atoms with van der Waals surface area (Å²) in [4.78, 5) is 27.6. The van der Waals surface area contributed by atoms with Crippen molar-refractivity contribution in [1.82, 2.24) is 0 Å². The molecule has 1 aliphatic carbocycles. The fourth-order valence-corrected chi connectivity index (χ4v) is 4.57. The Kier molecular flexibility index (Phi) is 4.83. The van der Waals surface area contributed by atoms with E-state index in [-0.39, 0.29) is 17.9 Å². The number of nitrogens with zero attached hydrogens (tertiary/aromatic N) is 1. The zero-order chi connectivity index (χ0) is 21.7. The summed E-state index contributed by atoms with van der Waals surface area (Å²) in [7, 11) is 0. The minimum absolute atomic E-state index is 0.0405. The van der Waals surface area contributed by atoms with Gasteiger partial charge in [-0.1, -0.05) is 56.3 Å². The number of allylic oxidation sites excluding steroid dienone is 2. The summed E-state index contributed by atoms with van der Waals surface area (Å²) in [6.45, 7) is 3.80. The first kappa shape index (κ1) is 20.4. The molecule has 0 saturated carbocycles. The lowest BCUT2D eigenvalue weighted by Gasteiger charge is -2.43. The molecule has 6 heteroatoms. The molecular weight excluding hydrogens is 391 g/mol. The second kappa shape index (κ2) is 7.11. The zero-order valence-electron chi connectivity index (χ0n) is 16.8. The van der Waals surface area contributed by atoms with E-state index >= 15 is 0 Å². The highest BCUT2D eigenvalue weighted by atomic mass is 19.4. The third-order valence-electron chi connectivity index (χ3n) is 5.80. The number of para-hydroxylation sites is 1. The normalized spacial score (nSPS) is 21.6. The van der Waals surface area contributed by atoms with E-state index in [2.05, 4.69) is 0 Å². The average Bonchev–Trinajstić information content (AvgIpc) is 2.66. The molecule has 3 nitrogen and oxygen atoms in total. The molecule has 2 aliphatic rings. The molecule has 0 aromatic heterocycles. The number of rotatable bonds is 2. The van der Waals surface area contributed by atoms with E-state index in [0.29, 0.717) is 24.1 Å². The first-order valence-corrected chi connectivity index (χ1v) is 9.89. The number of halogens is 3. The maximum absolute atomic E-state index is 13.7. The number of hydrogen-bond donors (Lipinski definition) is 0. The molecule has 1 heterocycles. The van der Waals surface area contributed by atoms with E-state index < -0.39 is 29.0 Å². The first-order valence-electron chi connectivity index (χ1n) is 9.89. The summed E-state index contributed by atoms with van der Waals surface area (Å²) < 4.78 is 41.1. The Bertz CT molecular complexity index is 1040. The number of benzene rings is 2. The zero-order valence-corrected chi connectivity index (χ0v) is 16.8. The summed E-state index contributed by atoms with van der Waals surface area (Å²) in [6, 6.07) is 14.3. The highest BCUT2D eigenvalue weighted by Crippen LogP contribution is 2.49. The van der Waals surface area contributed by atoms with Gasteiger partial charge in [-0.2, -0.15) is 13.2 Å². The first-order chi connectivity index (χ1) is 14.1. The minimum Gasteiger partial charge on any atom is -0.294 e. The lowest BCUT2D eigenvalue weighted by Crippen LogP contribution is -2.44. The molecule has 30 heavy (non-hydrogen) atoms. The van der Waals surface area contributed by atoms with Gasteiger partial charge < -0.3 is 0 Å². The summed E-state index contributed by atoms with van der Waals surface area (Å²) in [6.07, 6.45) is -3.99. The quantitative estimate of drug-likeness (QED) is 0.618. The van der Waals surface area contributed by atoms with Gasteiger partial charge >= 0.3 is 6.18 Å². The smallest absolute Gasteiger partial charge is 0.294 e. The van der Waals surface area contributed by atoms with Crippen molar-refractivity contribution < 1.29 is 22.8 Å². The van der Waals surface area contributed by atoms with Crippen molar-refractivity contribution in [2.75, 3.05) is 4.90 Å². The van der Waals surface area contributed by atoms with Gasteiger partial charge in [-0.05, 0) is 29.5 Å². The van der Waals surface area contributed by atoms with Crippen LogP contribution in [0.1, 0.15) is 50.2 Å². The number of alkyl halides is 3. The van der Waals surface area contributed by atoms with Gasteiger partial charge in [0.15, 0.2) is 5.78 Å². The van der Waals surface area contributed by atoms with Crippen LogP contribution in [0.3, 0.4) is 0 Å². The maximum atomic E-state index is 13.7. The Morgan fingerprint density at radius 3 is 2.23 bits per heavy atom. The number of carbonyl (C=O) groups excluding carboxylic acids is 2. The van der Waals surface area contributed by atoms with Crippen LogP contribution >= 0.6 is 0 Å². The second-order valence-electron chi connectivity index (χ2n) is 8.71. The molecule has 4 rings (SSSR count). The standard InChI is InChI=1S/C24H22F3NO2/c1-23(2)13-19-22(20(29)14-23)16(15-8-4-3-5-9-15)12-21(30)28(19)18-11-7-6-10-17(18)24(25,26)27/h3-11,16H,12-14H2,1-2H3/t16-/m0/s1. The maximum Gasteiger partial charge on any atom is 0.418 e. The van der Waals surface area contributed by atoms with Gasteiger partial charge in [-0.25, -0.2) is 0 Å². The van der Waals surface area contributed by atoms with Crippen LogP contribution in [0.2, 0.25) is 0 Å². The monoisotopic (exact) mass is 413 g/mol. The Balaban J connectivity index is 1.95. The van der Waals surface area contributed by atoms with Crippen LogP contribution in [0.4, 0.5) is 18.9 Å². The highest BCUT2D eigenvalue weighted by Gasteiger charge is 2.46. The van der Waals surface area contributed by atoms with Crippen LogP contribution in [0.5, 0.6) is 0 Å². The van der Waals surface area contributed by atoms with Gasteiger partial charge in [-0.15, -0.1) is 0 Å². The summed E-state index contributed by atoms with van der Waals surface area (Å²) in [5.41, 5.74) is 0.171. The van der Waals surface area contributed by atoms with Crippen molar-refractivity contribution in [1.29, 1.82) is 0 Å². The predicted molar refractivity (Wildman–Crippen MR) is 108 cm³/mol. The second-order valence-corrected chi connectivity index (χ2v) is 8.71. The van der Waals surface area contributed by atoms with Crippen molar-refractivity contribution in [2.24, 2.45) is 5.41 Å². The molecule has 0 saturated heterocycles. The number of anilines is 1. The van der Waals surface area contributed by atoms with Gasteiger partial charge in [0.05, 0.1) is 11.3 Å². The topological polar surface area (TPSA) is 37.4 Å². The lowest BCUT2D eigenvalue weighted by atomic mass is 9.69. The van der Waals surface area contributed by atoms with Crippen molar-refractivity contribution in [2.45, 2.75) is 45.2 Å².